The van der Waals surface area contributed by atoms with Crippen LogP contribution in [0.15, 0.2) is 4.99 Å². The van der Waals surface area contributed by atoms with Gasteiger partial charge < -0.3 is 0 Å². The van der Waals surface area contributed by atoms with Crippen molar-refractivity contribution in [2.24, 2.45) is 10.4 Å². The molecule has 0 spiro atoms. The lowest BCUT2D eigenvalue weighted by atomic mass is 9.88. The molecule has 1 nitrogen and oxygen atoms in total. The monoisotopic (exact) mass is 184 g/mol. The zero-order valence-corrected chi connectivity index (χ0v) is 9.08. The van der Waals surface area contributed by atoms with Crippen LogP contribution in [0.3, 0.4) is 0 Å². The Bertz CT molecular complexity index is 173. The van der Waals surface area contributed by atoms with Crippen molar-refractivity contribution in [3.05, 3.63) is 6.54 Å². The fraction of sp³-hybridized carbons (Fsp3) is 0.800. The van der Waals surface area contributed by atoms with Crippen molar-refractivity contribution in [2.75, 3.05) is 5.75 Å². The van der Waals surface area contributed by atoms with Gasteiger partial charge in [0.1, 0.15) is 0 Å². The van der Waals surface area contributed by atoms with Gasteiger partial charge in [0.05, 0.1) is 11.6 Å². The maximum atomic E-state index is 4.41. The molecule has 0 saturated heterocycles. The van der Waals surface area contributed by atoms with Gasteiger partial charge in [-0.3, -0.25) is 4.99 Å². The minimum Gasteiger partial charge on any atom is -0.276 e. The third kappa shape index (κ3) is 2.51. The van der Waals surface area contributed by atoms with Gasteiger partial charge in [0.15, 0.2) is 0 Å². The van der Waals surface area contributed by atoms with Crippen LogP contribution >= 0.6 is 11.8 Å². The van der Waals surface area contributed by atoms with Gasteiger partial charge in [0.2, 0.25) is 0 Å². The molecule has 0 amide bonds. The molecule has 0 atom stereocenters. The Kier molecular flexibility index (Phi) is 3.63. The van der Waals surface area contributed by atoms with Crippen molar-refractivity contribution in [1.29, 1.82) is 0 Å². The molecule has 0 aromatic rings. The molecule has 0 aromatic heterocycles. The number of aliphatic imine (C=N–C) groups is 1. The highest BCUT2D eigenvalue weighted by Gasteiger charge is 2.26. The number of hydrogen-bond donors (Lipinski definition) is 0. The average molecular weight is 184 g/mol. The lowest BCUT2D eigenvalue weighted by molar-refractivity contribution is 0.460. The Hall–Kier alpha value is 0.0200. The van der Waals surface area contributed by atoms with Crippen LogP contribution in [-0.4, -0.2) is 10.8 Å². The zero-order chi connectivity index (χ0) is 9.03. The predicted molar refractivity (Wildman–Crippen MR) is 57.5 cm³/mol. The molecule has 1 heterocycles. The minimum absolute atomic E-state index is 0.313. The van der Waals surface area contributed by atoms with E-state index in [-0.39, 0.29) is 0 Å². The molecule has 1 rings (SSSR count). The van der Waals surface area contributed by atoms with E-state index in [1.807, 2.05) is 18.3 Å². The molecule has 2 heteroatoms. The van der Waals surface area contributed by atoms with E-state index in [9.17, 15) is 0 Å². The Morgan fingerprint density at radius 3 is 2.83 bits per heavy atom. The maximum absolute atomic E-state index is 4.41. The van der Waals surface area contributed by atoms with Crippen molar-refractivity contribution >= 4 is 16.8 Å². The van der Waals surface area contributed by atoms with Gasteiger partial charge in [-0.05, 0) is 6.42 Å². The molecule has 0 N–H and O–H groups in total. The van der Waals surface area contributed by atoms with Crippen LogP contribution in [0.25, 0.3) is 0 Å². The van der Waals surface area contributed by atoms with Crippen molar-refractivity contribution in [3.63, 3.8) is 0 Å². The molecule has 0 saturated carbocycles. The van der Waals surface area contributed by atoms with E-state index in [1.165, 1.54) is 24.3 Å². The Morgan fingerprint density at radius 1 is 1.58 bits per heavy atom. The van der Waals surface area contributed by atoms with Crippen molar-refractivity contribution in [1.82, 2.24) is 0 Å². The summed E-state index contributed by atoms with van der Waals surface area (Å²) in [6.45, 7) is 8.86. The second-order valence-electron chi connectivity index (χ2n) is 3.92. The lowest BCUT2D eigenvalue weighted by Gasteiger charge is -2.23. The van der Waals surface area contributed by atoms with Gasteiger partial charge in [-0.2, -0.15) is 0 Å². The molecular weight excluding hydrogens is 166 g/mol. The summed E-state index contributed by atoms with van der Waals surface area (Å²) < 4.78 is 0. The van der Waals surface area contributed by atoms with Gasteiger partial charge in [0, 0.05) is 11.2 Å². The smallest absolute Gasteiger partial charge is 0.0835 e. The first-order valence-corrected chi connectivity index (χ1v) is 5.68. The average Bonchev–Trinajstić information content (AvgIpc) is 2.53. The molecule has 0 fully saturated rings. The highest BCUT2D eigenvalue weighted by Crippen LogP contribution is 2.34. The first-order chi connectivity index (χ1) is 5.67. The van der Waals surface area contributed by atoms with Crippen LogP contribution in [0.2, 0.25) is 0 Å². The Balaban J connectivity index is 2.45. The molecule has 1 radical (unpaired) electrons. The second kappa shape index (κ2) is 4.31. The number of nitrogens with zero attached hydrogens (tertiary/aromatic N) is 1. The van der Waals surface area contributed by atoms with Crippen LogP contribution < -0.4 is 0 Å². The SMILES string of the molecule is CCCCC(C)(C)C1=N[CH]CS1. The lowest BCUT2D eigenvalue weighted by Crippen LogP contribution is -2.20. The number of hydrogen-bond acceptors (Lipinski definition) is 2. The van der Waals surface area contributed by atoms with Crippen molar-refractivity contribution in [3.8, 4) is 0 Å². The summed E-state index contributed by atoms with van der Waals surface area (Å²) in [5.41, 5.74) is 0.313. The molecular formula is C10H18NS. The van der Waals surface area contributed by atoms with Crippen molar-refractivity contribution < 1.29 is 0 Å². The van der Waals surface area contributed by atoms with Gasteiger partial charge in [-0.1, -0.05) is 33.6 Å². The predicted octanol–water partition coefficient (Wildman–Crippen LogP) is 3.51. The first-order valence-electron chi connectivity index (χ1n) is 4.69. The molecule has 0 bridgehead atoms. The van der Waals surface area contributed by atoms with E-state index in [4.69, 9.17) is 0 Å². The zero-order valence-electron chi connectivity index (χ0n) is 8.26. The third-order valence-corrected chi connectivity index (χ3v) is 3.48. The fourth-order valence-corrected chi connectivity index (χ4v) is 2.32. The summed E-state index contributed by atoms with van der Waals surface area (Å²) in [6, 6.07) is 0. The van der Waals surface area contributed by atoms with E-state index in [0.717, 1.165) is 5.75 Å². The molecule has 0 aromatic carbocycles. The van der Waals surface area contributed by atoms with Gasteiger partial charge >= 0.3 is 0 Å². The first kappa shape index (κ1) is 10.1. The minimum atomic E-state index is 0.313. The molecule has 0 aliphatic carbocycles. The number of thioether (sulfide) groups is 1. The van der Waals surface area contributed by atoms with Gasteiger partial charge in [0.25, 0.3) is 0 Å². The highest BCUT2D eigenvalue weighted by atomic mass is 32.2. The summed E-state index contributed by atoms with van der Waals surface area (Å²) >= 11 is 1.89. The molecule has 12 heavy (non-hydrogen) atoms. The third-order valence-electron chi connectivity index (χ3n) is 2.24. The van der Waals surface area contributed by atoms with Gasteiger partial charge in [-0.25, -0.2) is 0 Å². The topological polar surface area (TPSA) is 12.4 Å². The number of rotatable bonds is 4. The molecule has 1 aliphatic rings. The quantitative estimate of drug-likeness (QED) is 0.651. The second-order valence-corrected chi connectivity index (χ2v) is 4.92. The van der Waals surface area contributed by atoms with E-state index in [2.05, 4.69) is 25.8 Å². The van der Waals surface area contributed by atoms with E-state index < -0.39 is 0 Å². The summed E-state index contributed by atoms with van der Waals surface area (Å²) in [4.78, 5) is 4.41. The van der Waals surface area contributed by atoms with Gasteiger partial charge in [-0.15, -0.1) is 11.8 Å². The summed E-state index contributed by atoms with van der Waals surface area (Å²) in [7, 11) is 0. The summed E-state index contributed by atoms with van der Waals surface area (Å²) in [5.74, 6) is 1.07. The van der Waals surface area contributed by atoms with E-state index in [0.29, 0.717) is 5.41 Å². The van der Waals surface area contributed by atoms with Crippen LogP contribution in [0, 0.1) is 12.0 Å². The largest absolute Gasteiger partial charge is 0.276 e. The number of unbranched alkanes of at least 4 members (excludes halogenated alkanes) is 1. The van der Waals surface area contributed by atoms with Crippen LogP contribution in [-0.2, 0) is 0 Å². The summed E-state index contributed by atoms with van der Waals surface area (Å²) in [5, 5.41) is 1.33. The maximum Gasteiger partial charge on any atom is 0.0835 e. The normalized spacial score (nSPS) is 18.1. The molecule has 1 aliphatic heterocycles. The molecule has 69 valence electrons. The van der Waals surface area contributed by atoms with Crippen LogP contribution in [0.4, 0.5) is 0 Å². The summed E-state index contributed by atoms with van der Waals surface area (Å²) in [6.07, 6.45) is 3.86. The Labute approximate surface area is 80.0 Å². The van der Waals surface area contributed by atoms with E-state index in [1.54, 1.807) is 0 Å². The molecule has 0 unspecified atom stereocenters. The van der Waals surface area contributed by atoms with Crippen LogP contribution in [0.5, 0.6) is 0 Å². The fourth-order valence-electron chi connectivity index (χ4n) is 1.37. The van der Waals surface area contributed by atoms with Crippen molar-refractivity contribution in [2.45, 2.75) is 40.0 Å². The van der Waals surface area contributed by atoms with E-state index >= 15 is 0 Å². The highest BCUT2D eigenvalue weighted by molar-refractivity contribution is 8.14. The standard InChI is InChI=1S/C10H18NS/c1-4-5-6-10(2,3)9-11-7-8-12-9/h7H,4-6,8H2,1-3H3. The van der Waals surface area contributed by atoms with Crippen LogP contribution in [0.1, 0.15) is 40.0 Å². The Morgan fingerprint density at radius 2 is 2.33 bits per heavy atom.